The molecule has 2 amide bonds. The van der Waals surface area contributed by atoms with Crippen molar-refractivity contribution >= 4 is 17.5 Å². The average Bonchev–Trinajstić information content (AvgIpc) is 2.94. The van der Waals surface area contributed by atoms with Crippen LogP contribution in [0.25, 0.3) is 0 Å². The Morgan fingerprint density at radius 1 is 1.19 bits per heavy atom. The van der Waals surface area contributed by atoms with Crippen LogP contribution in [0, 0.1) is 23.4 Å². The molecule has 8 heteroatoms. The number of likely N-dealkylation sites (N-methyl/N-ethyl adjacent to an activating group) is 1. The number of anilines is 1. The molecule has 2 atom stereocenters. The van der Waals surface area contributed by atoms with Crippen molar-refractivity contribution in [2.45, 2.75) is 5.92 Å². The summed E-state index contributed by atoms with van der Waals surface area (Å²) in [4.78, 5) is 26.5. The molecule has 0 saturated carbocycles. The topological polar surface area (TPSA) is 58.6 Å². The monoisotopic (exact) mass is 378 g/mol. The van der Waals surface area contributed by atoms with E-state index in [-0.39, 0.29) is 18.0 Å². The number of likely N-dealkylation sites (tertiary alicyclic amines) is 1. The van der Waals surface area contributed by atoms with Gasteiger partial charge in [-0.05, 0) is 29.8 Å². The number of halogens is 3. The maximum atomic E-state index is 14.1. The molecule has 2 aromatic carbocycles. The summed E-state index contributed by atoms with van der Waals surface area (Å²) >= 11 is 0. The number of hydrogen-bond acceptors (Lipinski definition) is 3. The first-order valence-electron chi connectivity index (χ1n) is 8.16. The van der Waals surface area contributed by atoms with Gasteiger partial charge in [0.1, 0.15) is 5.92 Å². The highest BCUT2D eigenvalue weighted by Crippen LogP contribution is 2.35. The van der Waals surface area contributed by atoms with E-state index >= 15 is 0 Å². The lowest BCUT2D eigenvalue weighted by atomic mass is 9.87. The number of hydrogen-bond donors (Lipinski definition) is 1. The summed E-state index contributed by atoms with van der Waals surface area (Å²) in [5.41, 5.74) is 0.0767. The second-order valence-electron chi connectivity index (χ2n) is 6.29. The number of amides is 2. The SMILES string of the molecule is COc1ccc([C@H]2CN(C)C(=O)[C@@H]2C(=O)Nc2cccc(F)c2F)cc1F. The molecule has 3 rings (SSSR count). The highest BCUT2D eigenvalue weighted by Gasteiger charge is 2.44. The molecule has 0 aliphatic carbocycles. The molecule has 0 bridgehead atoms. The van der Waals surface area contributed by atoms with Crippen LogP contribution < -0.4 is 10.1 Å². The van der Waals surface area contributed by atoms with Crippen molar-refractivity contribution in [3.63, 3.8) is 0 Å². The Hall–Kier alpha value is -3.03. The van der Waals surface area contributed by atoms with Gasteiger partial charge in [0, 0.05) is 19.5 Å². The van der Waals surface area contributed by atoms with Crippen molar-refractivity contribution in [1.82, 2.24) is 4.90 Å². The number of methoxy groups -OCH3 is 1. The fourth-order valence-electron chi connectivity index (χ4n) is 3.22. The Labute approximate surface area is 153 Å². The van der Waals surface area contributed by atoms with E-state index in [4.69, 9.17) is 4.74 Å². The van der Waals surface area contributed by atoms with Crippen LogP contribution in [-0.4, -0.2) is 37.4 Å². The van der Waals surface area contributed by atoms with E-state index in [9.17, 15) is 22.8 Å². The number of carbonyl (C=O) groups excluding carboxylic acids is 2. The lowest BCUT2D eigenvalue weighted by molar-refractivity contribution is -0.135. The maximum Gasteiger partial charge on any atom is 0.237 e. The highest BCUT2D eigenvalue weighted by molar-refractivity contribution is 6.08. The van der Waals surface area contributed by atoms with Crippen LogP contribution in [0.1, 0.15) is 11.5 Å². The molecule has 27 heavy (non-hydrogen) atoms. The van der Waals surface area contributed by atoms with Crippen molar-refractivity contribution in [2.75, 3.05) is 26.0 Å². The summed E-state index contributed by atoms with van der Waals surface area (Å²) in [5, 5.41) is 2.26. The number of carbonyl (C=O) groups is 2. The second-order valence-corrected chi connectivity index (χ2v) is 6.29. The van der Waals surface area contributed by atoms with Gasteiger partial charge in [-0.15, -0.1) is 0 Å². The minimum absolute atomic E-state index is 0.0410. The first kappa shape index (κ1) is 18.8. The van der Waals surface area contributed by atoms with Gasteiger partial charge in [0.05, 0.1) is 12.8 Å². The number of nitrogens with zero attached hydrogens (tertiary/aromatic N) is 1. The van der Waals surface area contributed by atoms with Gasteiger partial charge in [-0.25, -0.2) is 13.2 Å². The molecule has 1 aliphatic heterocycles. The summed E-state index contributed by atoms with van der Waals surface area (Å²) in [7, 11) is 2.85. The lowest BCUT2D eigenvalue weighted by Crippen LogP contribution is -2.33. The van der Waals surface area contributed by atoms with E-state index < -0.39 is 41.1 Å². The van der Waals surface area contributed by atoms with Gasteiger partial charge in [0.25, 0.3) is 0 Å². The molecule has 0 spiro atoms. The van der Waals surface area contributed by atoms with E-state index in [1.807, 2.05) is 0 Å². The molecule has 0 unspecified atom stereocenters. The zero-order valence-corrected chi connectivity index (χ0v) is 14.6. The minimum Gasteiger partial charge on any atom is -0.494 e. The summed E-state index contributed by atoms with van der Waals surface area (Å²) < 4.78 is 46.1. The van der Waals surface area contributed by atoms with Crippen molar-refractivity contribution < 1.29 is 27.5 Å². The third-order valence-corrected chi connectivity index (χ3v) is 4.61. The first-order valence-corrected chi connectivity index (χ1v) is 8.16. The van der Waals surface area contributed by atoms with Crippen LogP contribution in [0.3, 0.4) is 0 Å². The lowest BCUT2D eigenvalue weighted by Gasteiger charge is -2.18. The van der Waals surface area contributed by atoms with Crippen LogP contribution in [0.15, 0.2) is 36.4 Å². The Kier molecular flexibility index (Phi) is 5.07. The predicted molar refractivity (Wildman–Crippen MR) is 91.8 cm³/mol. The summed E-state index contributed by atoms with van der Waals surface area (Å²) in [6, 6.07) is 7.55. The molecule has 1 heterocycles. The third-order valence-electron chi connectivity index (χ3n) is 4.61. The number of ether oxygens (including phenoxy) is 1. The second kappa shape index (κ2) is 7.30. The molecule has 1 saturated heterocycles. The zero-order valence-electron chi connectivity index (χ0n) is 14.6. The van der Waals surface area contributed by atoms with Crippen LogP contribution >= 0.6 is 0 Å². The van der Waals surface area contributed by atoms with E-state index in [1.54, 1.807) is 6.07 Å². The summed E-state index contributed by atoms with van der Waals surface area (Å²) in [5.74, 6) is -6.00. The third kappa shape index (κ3) is 3.47. The smallest absolute Gasteiger partial charge is 0.237 e. The van der Waals surface area contributed by atoms with Gasteiger partial charge >= 0.3 is 0 Å². The molecule has 5 nitrogen and oxygen atoms in total. The van der Waals surface area contributed by atoms with Crippen LogP contribution in [0.2, 0.25) is 0 Å². The molecule has 1 fully saturated rings. The fraction of sp³-hybridized carbons (Fsp3) is 0.263. The molecular formula is C19H17F3N2O3. The average molecular weight is 378 g/mol. The van der Waals surface area contributed by atoms with Gasteiger partial charge in [0.2, 0.25) is 11.8 Å². The van der Waals surface area contributed by atoms with Crippen molar-refractivity contribution in [3.05, 3.63) is 59.4 Å². The fourth-order valence-corrected chi connectivity index (χ4v) is 3.22. The Morgan fingerprint density at radius 2 is 1.93 bits per heavy atom. The summed E-state index contributed by atoms with van der Waals surface area (Å²) in [6.07, 6.45) is 0. The molecule has 2 aromatic rings. The van der Waals surface area contributed by atoms with Crippen molar-refractivity contribution in [3.8, 4) is 5.75 Å². The number of nitrogens with one attached hydrogen (secondary N) is 1. The van der Waals surface area contributed by atoms with E-state index in [0.29, 0.717) is 5.56 Å². The molecule has 0 radical (unpaired) electrons. The van der Waals surface area contributed by atoms with Crippen molar-refractivity contribution in [2.24, 2.45) is 5.92 Å². The highest BCUT2D eigenvalue weighted by atomic mass is 19.2. The number of benzene rings is 2. The van der Waals surface area contributed by atoms with E-state index in [1.165, 1.54) is 43.3 Å². The van der Waals surface area contributed by atoms with Crippen LogP contribution in [0.4, 0.5) is 18.9 Å². The molecule has 0 aromatic heterocycles. The normalized spacial score (nSPS) is 19.3. The van der Waals surface area contributed by atoms with Crippen LogP contribution in [-0.2, 0) is 9.59 Å². The maximum absolute atomic E-state index is 14.1. The Bertz CT molecular complexity index is 904. The summed E-state index contributed by atoms with van der Waals surface area (Å²) in [6.45, 7) is 0.189. The standard InChI is InChI=1S/C19H17F3N2O3/c1-24-9-11(10-6-7-15(27-2)13(21)8-10)16(19(24)26)18(25)23-14-5-3-4-12(20)17(14)22/h3-8,11,16H,9H2,1-2H3,(H,23,25)/t11-,16+/m1/s1. The van der Waals surface area contributed by atoms with E-state index in [0.717, 1.165) is 6.07 Å². The Morgan fingerprint density at radius 3 is 2.59 bits per heavy atom. The molecule has 1 aliphatic rings. The first-order chi connectivity index (χ1) is 12.8. The van der Waals surface area contributed by atoms with Gasteiger partial charge in [-0.3, -0.25) is 9.59 Å². The molecule has 142 valence electrons. The van der Waals surface area contributed by atoms with Crippen LogP contribution in [0.5, 0.6) is 5.75 Å². The molecular weight excluding hydrogens is 361 g/mol. The number of rotatable bonds is 4. The molecule has 1 N–H and O–H groups in total. The minimum atomic E-state index is -1.21. The predicted octanol–water partition coefficient (Wildman–Crippen LogP) is 2.92. The quantitative estimate of drug-likeness (QED) is 0.833. The van der Waals surface area contributed by atoms with Gasteiger partial charge in [-0.2, -0.15) is 0 Å². The van der Waals surface area contributed by atoms with Gasteiger partial charge in [-0.1, -0.05) is 12.1 Å². The van der Waals surface area contributed by atoms with Crippen molar-refractivity contribution in [1.29, 1.82) is 0 Å². The van der Waals surface area contributed by atoms with Gasteiger partial charge < -0.3 is 15.0 Å². The Balaban J connectivity index is 1.91. The van der Waals surface area contributed by atoms with Gasteiger partial charge in [0.15, 0.2) is 23.2 Å². The zero-order chi connectivity index (χ0) is 19.7. The largest absolute Gasteiger partial charge is 0.494 e. The van der Waals surface area contributed by atoms with E-state index in [2.05, 4.69) is 5.32 Å².